The van der Waals surface area contributed by atoms with Crippen molar-refractivity contribution in [3.63, 3.8) is 0 Å². The number of ether oxygens (including phenoxy) is 1. The quantitative estimate of drug-likeness (QED) is 0.355. The molecule has 28 heavy (non-hydrogen) atoms. The van der Waals surface area contributed by atoms with Gasteiger partial charge in [0, 0.05) is 20.4 Å². The molecule has 1 saturated heterocycles. The molecule has 1 N–H and O–H groups in total. The topological polar surface area (TPSA) is 92.8 Å². The standard InChI is InChI=1S/C18H17Br2ClN2O5/c19-13-5-11-12(6-14(13)20)18(27)23(17(11)26)7-16(25)28-8-15(24)22-10-3-1-2-9(21)4-10/h1-4,11-14H,5-8H2,(H,22,24)/t11-,12-,13-,14+/m1/s1. The Labute approximate surface area is 183 Å². The van der Waals surface area contributed by atoms with Crippen molar-refractivity contribution in [3.05, 3.63) is 29.3 Å². The van der Waals surface area contributed by atoms with E-state index in [2.05, 4.69) is 37.2 Å². The lowest BCUT2D eigenvalue weighted by molar-refractivity contribution is -0.154. The highest BCUT2D eigenvalue weighted by molar-refractivity contribution is 9.12. The Morgan fingerprint density at radius 1 is 1.14 bits per heavy atom. The van der Waals surface area contributed by atoms with Crippen LogP contribution in [-0.2, 0) is 23.9 Å². The second kappa shape index (κ2) is 8.92. The molecule has 1 aliphatic carbocycles. The molecule has 1 aromatic carbocycles. The Hall–Kier alpha value is -1.45. The summed E-state index contributed by atoms with van der Waals surface area (Å²) < 4.78 is 4.91. The molecular weight excluding hydrogens is 519 g/mol. The van der Waals surface area contributed by atoms with E-state index in [1.807, 2.05) is 0 Å². The molecule has 1 saturated carbocycles. The molecule has 0 bridgehead atoms. The van der Waals surface area contributed by atoms with Gasteiger partial charge in [0.05, 0.1) is 11.8 Å². The first-order valence-corrected chi connectivity index (χ1v) is 10.8. The number of alkyl halides is 2. The second-order valence-electron chi connectivity index (χ2n) is 6.70. The zero-order valence-electron chi connectivity index (χ0n) is 14.6. The summed E-state index contributed by atoms with van der Waals surface area (Å²) >= 11 is 12.9. The molecule has 7 nitrogen and oxygen atoms in total. The molecule has 2 fully saturated rings. The number of nitrogens with zero attached hydrogens (tertiary/aromatic N) is 1. The molecular formula is C18H17Br2ClN2O5. The number of benzene rings is 1. The molecule has 10 heteroatoms. The minimum Gasteiger partial charge on any atom is -0.454 e. The summed E-state index contributed by atoms with van der Waals surface area (Å²) in [5.74, 6) is -2.94. The molecule has 1 aromatic rings. The third-order valence-electron chi connectivity index (χ3n) is 4.76. The number of carbonyl (C=O) groups is 4. The van der Waals surface area contributed by atoms with Crippen LogP contribution in [0.1, 0.15) is 12.8 Å². The van der Waals surface area contributed by atoms with Crippen LogP contribution in [0.5, 0.6) is 0 Å². The minimum atomic E-state index is -0.813. The lowest BCUT2D eigenvalue weighted by atomic mass is 9.81. The van der Waals surface area contributed by atoms with E-state index in [0.717, 1.165) is 4.90 Å². The maximum atomic E-state index is 12.5. The number of amides is 3. The average molecular weight is 537 g/mol. The molecule has 0 unspecified atom stereocenters. The van der Waals surface area contributed by atoms with Crippen LogP contribution in [0.2, 0.25) is 5.02 Å². The Morgan fingerprint density at radius 2 is 1.75 bits per heavy atom. The molecule has 1 heterocycles. The molecule has 150 valence electrons. The summed E-state index contributed by atoms with van der Waals surface area (Å²) in [6.07, 6.45) is 1.05. The van der Waals surface area contributed by atoms with Gasteiger partial charge in [-0.25, -0.2) is 0 Å². The Kier molecular flexibility index (Phi) is 6.77. The summed E-state index contributed by atoms with van der Waals surface area (Å²) in [5.41, 5.74) is 0.469. The molecule has 4 atom stereocenters. The van der Waals surface area contributed by atoms with E-state index < -0.39 is 36.9 Å². The SMILES string of the molecule is O=C(COC(=O)CN1C(=O)[C@@H]2C[C@@H](Br)[C@@H](Br)C[C@H]2C1=O)Nc1cccc(Cl)c1. The lowest BCUT2D eigenvalue weighted by Gasteiger charge is -2.29. The number of anilines is 1. The van der Waals surface area contributed by atoms with Gasteiger partial charge in [0.1, 0.15) is 6.54 Å². The van der Waals surface area contributed by atoms with E-state index in [4.69, 9.17) is 16.3 Å². The highest BCUT2D eigenvalue weighted by Gasteiger charge is 2.52. The van der Waals surface area contributed by atoms with Crippen LogP contribution in [0.25, 0.3) is 0 Å². The van der Waals surface area contributed by atoms with Crippen molar-refractivity contribution in [1.82, 2.24) is 4.90 Å². The van der Waals surface area contributed by atoms with E-state index in [0.29, 0.717) is 23.6 Å². The van der Waals surface area contributed by atoms with Crippen LogP contribution in [0.4, 0.5) is 5.69 Å². The zero-order valence-corrected chi connectivity index (χ0v) is 18.5. The van der Waals surface area contributed by atoms with Crippen molar-refractivity contribution in [2.45, 2.75) is 22.5 Å². The predicted octanol–water partition coefficient (Wildman–Crippen LogP) is 2.74. The average Bonchev–Trinajstić information content (AvgIpc) is 2.85. The van der Waals surface area contributed by atoms with Gasteiger partial charge >= 0.3 is 5.97 Å². The first kappa shape index (κ1) is 21.3. The van der Waals surface area contributed by atoms with Crippen molar-refractivity contribution < 1.29 is 23.9 Å². The zero-order chi connectivity index (χ0) is 20.4. The van der Waals surface area contributed by atoms with E-state index in [1.54, 1.807) is 24.3 Å². The maximum absolute atomic E-state index is 12.5. The number of halogens is 3. The Bertz CT molecular complexity index is 793. The Balaban J connectivity index is 1.51. The summed E-state index contributed by atoms with van der Waals surface area (Å²) in [4.78, 5) is 50.1. The third-order valence-corrected chi connectivity index (χ3v) is 7.73. The van der Waals surface area contributed by atoms with Gasteiger partial charge in [-0.2, -0.15) is 0 Å². The normalized spacial score (nSPS) is 26.8. The first-order chi connectivity index (χ1) is 13.3. The van der Waals surface area contributed by atoms with Crippen LogP contribution >= 0.6 is 43.5 Å². The van der Waals surface area contributed by atoms with Gasteiger partial charge in [-0.05, 0) is 31.0 Å². The number of nitrogens with one attached hydrogen (secondary N) is 1. The second-order valence-corrected chi connectivity index (χ2v) is 9.49. The summed E-state index contributed by atoms with van der Waals surface area (Å²) in [6, 6.07) is 6.53. The summed E-state index contributed by atoms with van der Waals surface area (Å²) in [7, 11) is 0. The van der Waals surface area contributed by atoms with Crippen LogP contribution in [0.3, 0.4) is 0 Å². The Morgan fingerprint density at radius 3 is 2.32 bits per heavy atom. The number of fused-ring (bicyclic) bond motifs is 1. The number of likely N-dealkylation sites (tertiary alicyclic amines) is 1. The summed E-state index contributed by atoms with van der Waals surface area (Å²) in [6.45, 7) is -1.02. The van der Waals surface area contributed by atoms with E-state index in [9.17, 15) is 19.2 Å². The van der Waals surface area contributed by atoms with Gasteiger partial charge in [-0.1, -0.05) is 49.5 Å². The molecule has 0 radical (unpaired) electrons. The number of hydrogen-bond donors (Lipinski definition) is 1. The molecule has 0 spiro atoms. The number of carbonyl (C=O) groups excluding carboxylic acids is 4. The number of esters is 1. The van der Waals surface area contributed by atoms with Crippen LogP contribution in [-0.4, -0.2) is 51.4 Å². The van der Waals surface area contributed by atoms with Crippen molar-refractivity contribution in [2.24, 2.45) is 11.8 Å². The van der Waals surface area contributed by atoms with Gasteiger partial charge in [0.15, 0.2) is 6.61 Å². The van der Waals surface area contributed by atoms with Crippen molar-refractivity contribution in [3.8, 4) is 0 Å². The fourth-order valence-corrected chi connectivity index (χ4v) is 4.83. The van der Waals surface area contributed by atoms with Gasteiger partial charge < -0.3 is 10.1 Å². The van der Waals surface area contributed by atoms with E-state index >= 15 is 0 Å². The van der Waals surface area contributed by atoms with Crippen molar-refractivity contribution >= 4 is 72.8 Å². The van der Waals surface area contributed by atoms with Crippen molar-refractivity contribution in [1.29, 1.82) is 0 Å². The smallest absolute Gasteiger partial charge is 0.326 e. The highest BCUT2D eigenvalue weighted by atomic mass is 79.9. The number of imide groups is 1. The fraction of sp³-hybridized carbons (Fsp3) is 0.444. The van der Waals surface area contributed by atoms with E-state index in [-0.39, 0.29) is 21.5 Å². The van der Waals surface area contributed by atoms with Gasteiger partial charge in [-0.3, -0.25) is 24.1 Å². The van der Waals surface area contributed by atoms with Gasteiger partial charge in [0.25, 0.3) is 5.91 Å². The third kappa shape index (κ3) is 4.75. The molecule has 3 amide bonds. The predicted molar refractivity (Wildman–Crippen MR) is 109 cm³/mol. The highest BCUT2D eigenvalue weighted by Crippen LogP contribution is 2.43. The molecule has 0 aromatic heterocycles. The maximum Gasteiger partial charge on any atom is 0.326 e. The largest absolute Gasteiger partial charge is 0.454 e. The number of rotatable bonds is 5. The van der Waals surface area contributed by atoms with E-state index in [1.165, 1.54) is 0 Å². The molecule has 2 aliphatic rings. The fourth-order valence-electron chi connectivity index (χ4n) is 3.40. The van der Waals surface area contributed by atoms with Crippen molar-refractivity contribution in [2.75, 3.05) is 18.5 Å². The monoisotopic (exact) mass is 534 g/mol. The van der Waals surface area contributed by atoms with Crippen LogP contribution < -0.4 is 5.32 Å². The van der Waals surface area contributed by atoms with Gasteiger partial charge in [0.2, 0.25) is 11.8 Å². The van der Waals surface area contributed by atoms with Gasteiger partial charge in [-0.15, -0.1) is 0 Å². The molecule has 1 aliphatic heterocycles. The lowest BCUT2D eigenvalue weighted by Crippen LogP contribution is -2.37. The number of hydrogen-bond acceptors (Lipinski definition) is 5. The minimum absolute atomic E-state index is 0.0904. The first-order valence-electron chi connectivity index (χ1n) is 8.60. The van der Waals surface area contributed by atoms with Crippen LogP contribution in [0.15, 0.2) is 24.3 Å². The summed E-state index contributed by atoms with van der Waals surface area (Å²) in [5, 5.41) is 3.00. The molecule has 3 rings (SSSR count). The van der Waals surface area contributed by atoms with Crippen LogP contribution in [0, 0.1) is 11.8 Å².